The van der Waals surface area contributed by atoms with Crippen LogP contribution in [0.2, 0.25) is 0 Å². The van der Waals surface area contributed by atoms with Gasteiger partial charge in [0.15, 0.2) is 23.2 Å². The Hall–Kier alpha value is -3.48. The van der Waals surface area contributed by atoms with E-state index in [-0.39, 0.29) is 5.82 Å². The molecule has 2 aromatic carbocycles. The van der Waals surface area contributed by atoms with Gasteiger partial charge in [-0.05, 0) is 30.7 Å². The monoisotopic (exact) mass is 361 g/mol. The summed E-state index contributed by atoms with van der Waals surface area (Å²) in [7, 11) is 0. The van der Waals surface area contributed by atoms with Crippen molar-refractivity contribution in [1.29, 1.82) is 0 Å². The number of aromatic nitrogens is 4. The Morgan fingerprint density at radius 3 is 2.89 bits per heavy atom. The fraction of sp³-hybridized carbons (Fsp3) is 0.150. The van der Waals surface area contributed by atoms with Crippen molar-refractivity contribution in [2.45, 2.75) is 13.3 Å². The van der Waals surface area contributed by atoms with E-state index in [9.17, 15) is 4.39 Å². The second-order valence-corrected chi connectivity index (χ2v) is 6.47. The van der Waals surface area contributed by atoms with Crippen LogP contribution in [0.4, 0.5) is 16.0 Å². The maximum absolute atomic E-state index is 13.7. The maximum atomic E-state index is 13.7. The summed E-state index contributed by atoms with van der Waals surface area (Å²) in [5, 5.41) is 11.0. The Balaban J connectivity index is 1.63. The molecule has 0 unspecified atom stereocenters. The topological polar surface area (TPSA) is 75.7 Å². The van der Waals surface area contributed by atoms with E-state index in [1.807, 2.05) is 31.2 Å². The minimum absolute atomic E-state index is 0.322. The summed E-state index contributed by atoms with van der Waals surface area (Å²) in [6.45, 7) is 2.59. The molecule has 0 fully saturated rings. The minimum atomic E-state index is -0.322. The van der Waals surface area contributed by atoms with Gasteiger partial charge in [-0.1, -0.05) is 24.3 Å². The van der Waals surface area contributed by atoms with Crippen LogP contribution < -0.4 is 10.1 Å². The molecule has 2 aromatic heterocycles. The summed E-state index contributed by atoms with van der Waals surface area (Å²) in [6, 6.07) is 12.5. The van der Waals surface area contributed by atoms with Crippen molar-refractivity contribution in [3.05, 3.63) is 59.5 Å². The van der Waals surface area contributed by atoms with Crippen LogP contribution in [0.25, 0.3) is 22.3 Å². The zero-order valence-electron chi connectivity index (χ0n) is 14.6. The van der Waals surface area contributed by atoms with Gasteiger partial charge in [-0.15, -0.1) is 0 Å². The molecule has 27 heavy (non-hydrogen) atoms. The van der Waals surface area contributed by atoms with E-state index in [2.05, 4.69) is 25.5 Å². The number of rotatable bonds is 3. The van der Waals surface area contributed by atoms with Gasteiger partial charge in [0, 0.05) is 17.4 Å². The fourth-order valence-electron chi connectivity index (χ4n) is 3.29. The maximum Gasteiger partial charge on any atom is 0.183 e. The molecule has 0 amide bonds. The standard InChI is InChI=1S/C20H16FN5O/c1-11-4-2-3-5-13(11)18-22-16-8-9-27-17(16)20(23-18)24-19-14-10-12(21)6-7-15(14)25-26-19/h2-7,10H,8-9H2,1H3,(H2,22,23,24,25,26). The van der Waals surface area contributed by atoms with Crippen molar-refractivity contribution in [3.63, 3.8) is 0 Å². The van der Waals surface area contributed by atoms with Gasteiger partial charge in [-0.2, -0.15) is 5.10 Å². The third-order valence-corrected chi connectivity index (χ3v) is 4.67. The van der Waals surface area contributed by atoms with Gasteiger partial charge in [-0.25, -0.2) is 14.4 Å². The number of aryl methyl sites for hydroxylation is 1. The normalized spacial score (nSPS) is 12.8. The highest BCUT2D eigenvalue weighted by Gasteiger charge is 2.23. The Labute approximate surface area is 154 Å². The largest absolute Gasteiger partial charge is 0.487 e. The van der Waals surface area contributed by atoms with Gasteiger partial charge in [-0.3, -0.25) is 5.10 Å². The molecule has 7 heteroatoms. The molecule has 0 saturated heterocycles. The van der Waals surface area contributed by atoms with Crippen molar-refractivity contribution in [3.8, 4) is 17.1 Å². The predicted octanol–water partition coefficient (Wildman–Crippen LogP) is 4.15. The second kappa shape index (κ2) is 6.05. The number of nitrogens with one attached hydrogen (secondary N) is 2. The first kappa shape index (κ1) is 15.7. The number of benzene rings is 2. The van der Waals surface area contributed by atoms with Crippen LogP contribution in [0, 0.1) is 12.7 Å². The van der Waals surface area contributed by atoms with Gasteiger partial charge in [0.1, 0.15) is 5.82 Å². The van der Waals surface area contributed by atoms with E-state index < -0.39 is 0 Å². The smallest absolute Gasteiger partial charge is 0.183 e. The molecule has 134 valence electrons. The highest BCUT2D eigenvalue weighted by Crippen LogP contribution is 2.36. The van der Waals surface area contributed by atoms with Crippen LogP contribution in [-0.4, -0.2) is 26.8 Å². The fourth-order valence-corrected chi connectivity index (χ4v) is 3.29. The lowest BCUT2D eigenvalue weighted by molar-refractivity contribution is 0.357. The molecule has 6 nitrogen and oxygen atoms in total. The van der Waals surface area contributed by atoms with Gasteiger partial charge in [0.25, 0.3) is 0 Å². The van der Waals surface area contributed by atoms with Crippen LogP contribution in [0.5, 0.6) is 5.75 Å². The summed E-state index contributed by atoms with van der Waals surface area (Å²) in [4.78, 5) is 9.37. The molecule has 0 radical (unpaired) electrons. The molecule has 0 spiro atoms. The molecule has 0 saturated carbocycles. The van der Waals surface area contributed by atoms with Crippen molar-refractivity contribution < 1.29 is 9.13 Å². The van der Waals surface area contributed by atoms with Crippen LogP contribution in [-0.2, 0) is 6.42 Å². The van der Waals surface area contributed by atoms with E-state index in [0.717, 1.165) is 28.8 Å². The molecule has 3 heterocycles. The molecule has 2 N–H and O–H groups in total. The Bertz CT molecular complexity index is 1170. The number of fused-ring (bicyclic) bond motifs is 2. The van der Waals surface area contributed by atoms with Crippen molar-refractivity contribution in [2.24, 2.45) is 0 Å². The van der Waals surface area contributed by atoms with E-state index in [4.69, 9.17) is 4.74 Å². The van der Waals surface area contributed by atoms with E-state index in [0.29, 0.717) is 35.2 Å². The van der Waals surface area contributed by atoms with Gasteiger partial charge in [0.2, 0.25) is 0 Å². The lowest BCUT2D eigenvalue weighted by atomic mass is 10.1. The first-order chi connectivity index (χ1) is 13.2. The predicted molar refractivity (Wildman–Crippen MR) is 101 cm³/mol. The number of hydrogen-bond acceptors (Lipinski definition) is 5. The van der Waals surface area contributed by atoms with Gasteiger partial charge in [0.05, 0.1) is 17.8 Å². The van der Waals surface area contributed by atoms with Crippen molar-refractivity contribution in [1.82, 2.24) is 20.2 Å². The molecule has 0 atom stereocenters. The minimum Gasteiger partial charge on any atom is -0.487 e. The zero-order valence-corrected chi connectivity index (χ0v) is 14.6. The Morgan fingerprint density at radius 2 is 2.00 bits per heavy atom. The zero-order chi connectivity index (χ0) is 18.4. The SMILES string of the molecule is Cc1ccccc1-c1nc2c(c(Nc3n[nH]c4ccc(F)cc34)n1)OCC2. The van der Waals surface area contributed by atoms with E-state index in [1.165, 1.54) is 12.1 Å². The number of hydrogen-bond donors (Lipinski definition) is 2. The summed E-state index contributed by atoms with van der Waals surface area (Å²) in [6.07, 6.45) is 0.724. The van der Waals surface area contributed by atoms with E-state index in [1.54, 1.807) is 6.07 Å². The average molecular weight is 361 g/mol. The highest BCUT2D eigenvalue weighted by molar-refractivity contribution is 5.91. The van der Waals surface area contributed by atoms with Crippen LogP contribution in [0.3, 0.4) is 0 Å². The van der Waals surface area contributed by atoms with E-state index >= 15 is 0 Å². The first-order valence-corrected chi connectivity index (χ1v) is 8.69. The number of halogens is 1. The number of aromatic amines is 1. The Morgan fingerprint density at radius 1 is 1.11 bits per heavy atom. The number of nitrogens with zero attached hydrogens (tertiary/aromatic N) is 3. The summed E-state index contributed by atoms with van der Waals surface area (Å²) >= 11 is 0. The second-order valence-electron chi connectivity index (χ2n) is 6.47. The van der Waals surface area contributed by atoms with Crippen molar-refractivity contribution in [2.75, 3.05) is 11.9 Å². The summed E-state index contributed by atoms with van der Waals surface area (Å²) in [5.41, 5.74) is 3.66. The summed E-state index contributed by atoms with van der Waals surface area (Å²) in [5.74, 6) is 1.97. The summed E-state index contributed by atoms with van der Waals surface area (Å²) < 4.78 is 19.4. The van der Waals surface area contributed by atoms with Gasteiger partial charge >= 0.3 is 0 Å². The quantitative estimate of drug-likeness (QED) is 0.573. The number of anilines is 2. The Kier molecular flexibility index (Phi) is 3.53. The van der Waals surface area contributed by atoms with Crippen molar-refractivity contribution >= 4 is 22.5 Å². The number of ether oxygens (including phenoxy) is 1. The third-order valence-electron chi connectivity index (χ3n) is 4.67. The molecular weight excluding hydrogens is 345 g/mol. The number of H-pyrrole nitrogens is 1. The molecule has 1 aliphatic rings. The molecule has 0 aliphatic carbocycles. The van der Waals surface area contributed by atoms with Crippen LogP contribution >= 0.6 is 0 Å². The van der Waals surface area contributed by atoms with Gasteiger partial charge < -0.3 is 10.1 Å². The molecular formula is C20H16FN5O. The highest BCUT2D eigenvalue weighted by atomic mass is 19.1. The van der Waals surface area contributed by atoms with Crippen LogP contribution in [0.15, 0.2) is 42.5 Å². The first-order valence-electron chi connectivity index (χ1n) is 8.69. The average Bonchev–Trinajstić information content (AvgIpc) is 3.29. The molecule has 4 aromatic rings. The van der Waals surface area contributed by atoms with Crippen LogP contribution in [0.1, 0.15) is 11.3 Å². The third kappa shape index (κ3) is 2.68. The lowest BCUT2D eigenvalue weighted by Crippen LogP contribution is -2.02. The molecule has 1 aliphatic heterocycles. The molecule has 0 bridgehead atoms. The lowest BCUT2D eigenvalue weighted by Gasteiger charge is -2.11. The molecule has 5 rings (SSSR count).